The van der Waals surface area contributed by atoms with E-state index in [1.54, 1.807) is 0 Å². The van der Waals surface area contributed by atoms with Crippen LogP contribution in [0.3, 0.4) is 0 Å². The molecule has 0 saturated carbocycles. The Morgan fingerprint density at radius 2 is 1.71 bits per heavy atom. The van der Waals surface area contributed by atoms with Crippen LogP contribution in [0.1, 0.15) is 17.7 Å². The number of nitrogens with zero attached hydrogens (tertiary/aromatic N) is 1. The fourth-order valence-corrected chi connectivity index (χ4v) is 4.58. The van der Waals surface area contributed by atoms with Crippen LogP contribution < -0.4 is 0 Å². The summed E-state index contributed by atoms with van der Waals surface area (Å²) in [4.78, 5) is 10.6. The third-order valence-electron chi connectivity index (χ3n) is 4.11. The summed E-state index contributed by atoms with van der Waals surface area (Å²) < 4.78 is 65.5. The molecule has 28 heavy (non-hydrogen) atoms. The molecule has 2 aromatic carbocycles. The van der Waals surface area contributed by atoms with Gasteiger partial charge in [-0.2, -0.15) is 13.2 Å². The van der Waals surface area contributed by atoms with Gasteiger partial charge in [-0.3, -0.25) is 4.79 Å². The molecule has 3 aromatic rings. The second kappa shape index (κ2) is 7.14. The summed E-state index contributed by atoms with van der Waals surface area (Å²) >= 11 is 5.94. The van der Waals surface area contributed by atoms with Crippen molar-refractivity contribution in [3.63, 3.8) is 0 Å². The molecule has 5 nitrogen and oxygen atoms in total. The summed E-state index contributed by atoms with van der Waals surface area (Å²) in [5.41, 5.74) is -0.522. The highest BCUT2D eigenvalue weighted by Gasteiger charge is 2.31. The average molecular weight is 432 g/mol. The molecule has 0 fully saturated rings. The van der Waals surface area contributed by atoms with Gasteiger partial charge < -0.3 is 5.11 Å². The van der Waals surface area contributed by atoms with Gasteiger partial charge in [-0.1, -0.05) is 11.6 Å². The molecule has 1 aromatic heterocycles. The number of halogens is 4. The summed E-state index contributed by atoms with van der Waals surface area (Å²) in [6.07, 6.45) is -4.99. The van der Waals surface area contributed by atoms with Crippen molar-refractivity contribution in [1.29, 1.82) is 0 Å². The normalized spacial score (nSPS) is 12.4. The van der Waals surface area contributed by atoms with Gasteiger partial charge in [0.15, 0.2) is 0 Å². The molecule has 0 aliphatic carbocycles. The fourth-order valence-electron chi connectivity index (χ4n) is 2.83. The third kappa shape index (κ3) is 3.85. The molecule has 148 valence electrons. The smallest absolute Gasteiger partial charge is 0.416 e. The lowest BCUT2D eigenvalue weighted by molar-refractivity contribution is -0.138. The maximum absolute atomic E-state index is 13.1. The Morgan fingerprint density at radius 1 is 1.07 bits per heavy atom. The lowest BCUT2D eigenvalue weighted by Crippen LogP contribution is -2.17. The van der Waals surface area contributed by atoms with Crippen molar-refractivity contribution in [1.82, 2.24) is 3.97 Å². The number of carboxylic acids is 1. The van der Waals surface area contributed by atoms with Crippen molar-refractivity contribution in [3.8, 4) is 0 Å². The van der Waals surface area contributed by atoms with Gasteiger partial charge in [0.2, 0.25) is 0 Å². The second-order valence-electron chi connectivity index (χ2n) is 6.02. The molecule has 0 amide bonds. The average Bonchev–Trinajstić information content (AvgIpc) is 2.97. The Labute approximate surface area is 163 Å². The number of aromatic nitrogens is 1. The van der Waals surface area contributed by atoms with E-state index >= 15 is 0 Å². The number of hydrogen-bond acceptors (Lipinski definition) is 3. The number of fused-ring (bicyclic) bond motifs is 1. The van der Waals surface area contributed by atoms with E-state index in [1.807, 2.05) is 0 Å². The topological polar surface area (TPSA) is 76.4 Å². The van der Waals surface area contributed by atoms with Crippen LogP contribution in [0.2, 0.25) is 5.02 Å². The molecular formula is C18H13ClF3NO4S. The van der Waals surface area contributed by atoms with E-state index in [0.717, 1.165) is 16.1 Å². The van der Waals surface area contributed by atoms with Crippen LogP contribution in [0.5, 0.6) is 0 Å². The minimum Gasteiger partial charge on any atom is -0.481 e. The zero-order valence-electron chi connectivity index (χ0n) is 14.1. The molecule has 0 bridgehead atoms. The van der Waals surface area contributed by atoms with Gasteiger partial charge in [0, 0.05) is 16.1 Å². The van der Waals surface area contributed by atoms with E-state index in [9.17, 15) is 26.4 Å². The number of hydrogen-bond donors (Lipinski definition) is 1. The van der Waals surface area contributed by atoms with Crippen LogP contribution in [-0.4, -0.2) is 23.5 Å². The Morgan fingerprint density at radius 3 is 2.29 bits per heavy atom. The number of carbonyl (C=O) groups is 1. The van der Waals surface area contributed by atoms with Crippen LogP contribution in [0.25, 0.3) is 10.9 Å². The van der Waals surface area contributed by atoms with Gasteiger partial charge in [0.05, 0.1) is 22.4 Å². The largest absolute Gasteiger partial charge is 0.481 e. The Kier molecular flexibility index (Phi) is 5.16. The summed E-state index contributed by atoms with van der Waals surface area (Å²) in [6, 6.07) is 9.10. The number of alkyl halides is 3. The molecule has 0 aliphatic heterocycles. The Balaban J connectivity index is 2.17. The summed E-state index contributed by atoms with van der Waals surface area (Å²) in [6.45, 7) is 0. The zero-order chi connectivity index (χ0) is 20.7. The molecule has 0 radical (unpaired) electrons. The van der Waals surface area contributed by atoms with Crippen molar-refractivity contribution < 1.29 is 31.5 Å². The van der Waals surface area contributed by atoms with Crippen LogP contribution in [0, 0.1) is 0 Å². The van der Waals surface area contributed by atoms with E-state index in [4.69, 9.17) is 16.7 Å². The molecular weight excluding hydrogens is 419 g/mol. The van der Waals surface area contributed by atoms with Crippen LogP contribution in [0.4, 0.5) is 13.2 Å². The molecule has 10 heteroatoms. The number of aryl methyl sites for hydroxylation is 1. The summed E-state index contributed by atoms with van der Waals surface area (Å²) in [7, 11) is -4.26. The molecule has 1 N–H and O–H groups in total. The summed E-state index contributed by atoms with van der Waals surface area (Å²) in [5, 5.41) is 9.76. The number of aliphatic carboxylic acids is 1. The van der Waals surface area contributed by atoms with Gasteiger partial charge in [-0.25, -0.2) is 12.4 Å². The molecule has 0 spiro atoms. The van der Waals surface area contributed by atoms with E-state index in [1.165, 1.54) is 24.3 Å². The van der Waals surface area contributed by atoms with Crippen LogP contribution in [0.15, 0.2) is 53.4 Å². The highest BCUT2D eigenvalue weighted by Crippen LogP contribution is 2.32. The van der Waals surface area contributed by atoms with Gasteiger partial charge in [0.25, 0.3) is 10.0 Å². The van der Waals surface area contributed by atoms with Crippen molar-refractivity contribution in [2.24, 2.45) is 0 Å². The van der Waals surface area contributed by atoms with Crippen molar-refractivity contribution in [2.75, 3.05) is 0 Å². The standard InChI is InChI=1S/C18H13ClF3NO4S/c19-13-3-7-16-11(9-13)10-14(4-8-17(24)25)23(16)28(26,27)15-5-1-12(2-6-15)18(20,21)22/h1-3,5-7,9-10H,4,8H2,(H,24,25). The van der Waals surface area contributed by atoms with Gasteiger partial charge >= 0.3 is 12.1 Å². The molecule has 0 atom stereocenters. The van der Waals surface area contributed by atoms with E-state index < -0.39 is 27.7 Å². The van der Waals surface area contributed by atoms with Crippen molar-refractivity contribution in [2.45, 2.75) is 23.9 Å². The molecule has 3 rings (SSSR count). The summed E-state index contributed by atoms with van der Waals surface area (Å²) in [5.74, 6) is -1.11. The number of carboxylic acid groups (broad SMARTS) is 1. The molecule has 1 heterocycles. The van der Waals surface area contributed by atoms with Gasteiger partial charge in [-0.05, 0) is 55.0 Å². The SMILES string of the molecule is O=C(O)CCc1cc2cc(Cl)ccc2n1S(=O)(=O)c1ccc(C(F)(F)F)cc1. The predicted octanol–water partition coefficient (Wildman–Crippen LogP) is 4.57. The maximum Gasteiger partial charge on any atom is 0.416 e. The molecule has 0 unspecified atom stereocenters. The lowest BCUT2D eigenvalue weighted by atomic mass is 10.2. The first-order valence-corrected chi connectivity index (χ1v) is 9.76. The first-order chi connectivity index (χ1) is 13.0. The lowest BCUT2D eigenvalue weighted by Gasteiger charge is -2.13. The molecule has 0 aliphatic rings. The highest BCUT2D eigenvalue weighted by atomic mass is 35.5. The predicted molar refractivity (Wildman–Crippen MR) is 96.9 cm³/mol. The van der Waals surface area contributed by atoms with E-state index in [2.05, 4.69) is 0 Å². The zero-order valence-corrected chi connectivity index (χ0v) is 15.6. The Bertz CT molecular complexity index is 1150. The minimum atomic E-state index is -4.59. The quantitative estimate of drug-likeness (QED) is 0.642. The second-order valence-corrected chi connectivity index (χ2v) is 8.25. The van der Waals surface area contributed by atoms with E-state index in [0.29, 0.717) is 22.5 Å². The number of benzene rings is 2. The van der Waals surface area contributed by atoms with Crippen molar-refractivity contribution in [3.05, 3.63) is 64.8 Å². The minimum absolute atomic E-state index is 0.0818. The van der Waals surface area contributed by atoms with Crippen LogP contribution >= 0.6 is 11.6 Å². The molecule has 0 saturated heterocycles. The van der Waals surface area contributed by atoms with Gasteiger partial charge in [-0.15, -0.1) is 0 Å². The monoisotopic (exact) mass is 431 g/mol. The highest BCUT2D eigenvalue weighted by molar-refractivity contribution is 7.90. The van der Waals surface area contributed by atoms with Crippen LogP contribution in [-0.2, 0) is 27.4 Å². The van der Waals surface area contributed by atoms with E-state index in [-0.39, 0.29) is 28.9 Å². The first-order valence-electron chi connectivity index (χ1n) is 7.94. The van der Waals surface area contributed by atoms with Crippen molar-refractivity contribution >= 4 is 38.5 Å². The third-order valence-corrected chi connectivity index (χ3v) is 6.12. The first kappa shape index (κ1) is 20.2. The number of rotatable bonds is 5. The Hall–Kier alpha value is -2.52. The van der Waals surface area contributed by atoms with Gasteiger partial charge in [0.1, 0.15) is 0 Å². The maximum atomic E-state index is 13.1. The fraction of sp³-hybridized carbons (Fsp3) is 0.167.